The summed E-state index contributed by atoms with van der Waals surface area (Å²) in [5.74, 6) is 0.988. The van der Waals surface area contributed by atoms with Crippen LogP contribution in [-0.4, -0.2) is 42.7 Å². The summed E-state index contributed by atoms with van der Waals surface area (Å²) in [5, 5.41) is 3.01. The molecule has 0 aliphatic heterocycles. The molecule has 0 aliphatic rings. The molecule has 9 heteroatoms. The number of nitrogens with zero attached hydrogens (tertiary/aromatic N) is 2. The van der Waals surface area contributed by atoms with Crippen LogP contribution in [0.2, 0.25) is 0 Å². The summed E-state index contributed by atoms with van der Waals surface area (Å²) >= 11 is 0. The molecule has 0 unspecified atom stereocenters. The van der Waals surface area contributed by atoms with Crippen molar-refractivity contribution in [1.82, 2.24) is 15.4 Å². The Hall–Kier alpha value is -3.07. The van der Waals surface area contributed by atoms with E-state index < -0.39 is 0 Å². The van der Waals surface area contributed by atoms with Crippen LogP contribution in [0.1, 0.15) is 0 Å². The molecule has 1 heterocycles. The molecular weight excluding hydrogens is 312 g/mol. The lowest BCUT2D eigenvalue weighted by Crippen LogP contribution is -2.34. The number of para-hydroxylation sites is 1. The van der Waals surface area contributed by atoms with Crippen LogP contribution in [0.5, 0.6) is 5.75 Å². The Morgan fingerprint density at radius 3 is 2.71 bits per heavy atom. The number of carbonyl (C=O) groups is 1. The highest BCUT2D eigenvalue weighted by Gasteiger charge is 2.09. The Morgan fingerprint density at radius 2 is 1.96 bits per heavy atom. The molecular formula is C15H20N6O3. The van der Waals surface area contributed by atoms with Gasteiger partial charge < -0.3 is 20.5 Å². The highest BCUT2D eigenvalue weighted by Crippen LogP contribution is 2.21. The van der Waals surface area contributed by atoms with E-state index in [4.69, 9.17) is 15.2 Å². The summed E-state index contributed by atoms with van der Waals surface area (Å²) in [6, 6.07) is 9.04. The topological polar surface area (TPSA) is 123 Å². The first-order chi connectivity index (χ1) is 11.7. The predicted molar refractivity (Wildman–Crippen MR) is 90.5 cm³/mol. The van der Waals surface area contributed by atoms with Gasteiger partial charge in [0.25, 0.3) is 5.91 Å². The van der Waals surface area contributed by atoms with Gasteiger partial charge in [-0.05, 0) is 12.1 Å². The van der Waals surface area contributed by atoms with Gasteiger partial charge >= 0.3 is 0 Å². The van der Waals surface area contributed by atoms with Gasteiger partial charge in [-0.3, -0.25) is 15.6 Å². The number of hydrazine groups is 1. The molecule has 1 amide bonds. The van der Waals surface area contributed by atoms with Crippen molar-refractivity contribution < 1.29 is 14.3 Å². The van der Waals surface area contributed by atoms with Gasteiger partial charge in [0.05, 0.1) is 6.61 Å². The molecule has 2 aromatic rings. The molecule has 0 fully saturated rings. The van der Waals surface area contributed by atoms with Crippen LogP contribution < -0.4 is 26.6 Å². The van der Waals surface area contributed by atoms with E-state index in [0.29, 0.717) is 24.7 Å². The van der Waals surface area contributed by atoms with Gasteiger partial charge in [-0.2, -0.15) is 0 Å². The first-order valence-electron chi connectivity index (χ1n) is 7.26. The number of benzene rings is 1. The first-order valence-corrected chi connectivity index (χ1v) is 7.26. The molecule has 0 radical (unpaired) electrons. The Balaban J connectivity index is 1.82. The monoisotopic (exact) mass is 332 g/mol. The van der Waals surface area contributed by atoms with Crippen molar-refractivity contribution in [3.8, 4) is 5.75 Å². The maximum Gasteiger partial charge on any atom is 0.276 e. The lowest BCUT2D eigenvalue weighted by molar-refractivity contribution is -0.122. The Bertz CT molecular complexity index is 653. The van der Waals surface area contributed by atoms with Crippen molar-refractivity contribution in [3.05, 3.63) is 36.7 Å². The zero-order valence-corrected chi connectivity index (χ0v) is 13.3. The third kappa shape index (κ3) is 5.29. The normalized spacial score (nSPS) is 10.0. The summed E-state index contributed by atoms with van der Waals surface area (Å²) < 4.78 is 10.3. The molecule has 0 aliphatic carbocycles. The number of ether oxygens (including phenoxy) is 2. The zero-order chi connectivity index (χ0) is 17.2. The number of nitrogen functional groups attached to an aromatic ring is 1. The number of anilines is 3. The second-order valence-corrected chi connectivity index (χ2v) is 4.68. The third-order valence-electron chi connectivity index (χ3n) is 2.92. The molecule has 0 saturated carbocycles. The Kier molecular flexibility index (Phi) is 6.59. The predicted octanol–water partition coefficient (Wildman–Crippen LogP) is 0.639. The van der Waals surface area contributed by atoms with E-state index in [0.717, 1.165) is 0 Å². The van der Waals surface area contributed by atoms with Crippen LogP contribution in [-0.2, 0) is 9.53 Å². The van der Waals surface area contributed by atoms with Gasteiger partial charge in [0.2, 0.25) is 0 Å². The summed E-state index contributed by atoms with van der Waals surface area (Å²) in [6.45, 7) is 0.926. The molecule has 9 nitrogen and oxygen atoms in total. The molecule has 0 bridgehead atoms. The number of rotatable bonds is 9. The van der Waals surface area contributed by atoms with Gasteiger partial charge in [0.1, 0.15) is 17.8 Å². The quantitative estimate of drug-likeness (QED) is 0.390. The third-order valence-corrected chi connectivity index (χ3v) is 2.92. The molecule has 1 aromatic heterocycles. The molecule has 0 spiro atoms. The van der Waals surface area contributed by atoms with E-state index in [1.165, 1.54) is 6.33 Å². The molecule has 0 atom stereocenters. The minimum absolute atomic E-state index is 0.138. The minimum Gasteiger partial charge on any atom is -0.484 e. The van der Waals surface area contributed by atoms with Crippen molar-refractivity contribution in [1.29, 1.82) is 0 Å². The number of aromatic nitrogens is 2. The SMILES string of the molecule is COCCNc1ncnc(NNC(=O)COc2ccccc2)c1N. The van der Waals surface area contributed by atoms with E-state index in [9.17, 15) is 4.79 Å². The lowest BCUT2D eigenvalue weighted by Gasteiger charge is -2.13. The number of nitrogens with one attached hydrogen (secondary N) is 3. The number of amides is 1. The average molecular weight is 332 g/mol. The smallest absolute Gasteiger partial charge is 0.276 e. The minimum atomic E-state index is -0.370. The number of hydrogen-bond donors (Lipinski definition) is 4. The van der Waals surface area contributed by atoms with Crippen molar-refractivity contribution in [3.63, 3.8) is 0 Å². The van der Waals surface area contributed by atoms with Crippen molar-refractivity contribution in [2.24, 2.45) is 0 Å². The molecule has 2 rings (SSSR count). The van der Waals surface area contributed by atoms with Crippen molar-refractivity contribution in [2.45, 2.75) is 0 Å². The second kappa shape index (κ2) is 9.16. The molecule has 24 heavy (non-hydrogen) atoms. The van der Waals surface area contributed by atoms with E-state index in [1.807, 2.05) is 18.2 Å². The van der Waals surface area contributed by atoms with Crippen LogP contribution in [0.4, 0.5) is 17.3 Å². The van der Waals surface area contributed by atoms with Gasteiger partial charge in [-0.15, -0.1) is 0 Å². The Morgan fingerprint density at radius 1 is 1.21 bits per heavy atom. The van der Waals surface area contributed by atoms with E-state index in [2.05, 4.69) is 26.1 Å². The van der Waals surface area contributed by atoms with Gasteiger partial charge in [0, 0.05) is 13.7 Å². The van der Waals surface area contributed by atoms with Crippen molar-refractivity contribution in [2.75, 3.05) is 43.3 Å². The maximum atomic E-state index is 11.8. The van der Waals surface area contributed by atoms with Crippen LogP contribution in [0.25, 0.3) is 0 Å². The Labute approximate surface area is 139 Å². The maximum absolute atomic E-state index is 11.8. The van der Waals surface area contributed by atoms with Crippen molar-refractivity contribution >= 4 is 23.2 Å². The fourth-order valence-electron chi connectivity index (χ4n) is 1.74. The van der Waals surface area contributed by atoms with E-state index in [-0.39, 0.29) is 24.0 Å². The number of hydrogen-bond acceptors (Lipinski definition) is 8. The summed E-state index contributed by atoms with van der Waals surface area (Å²) in [6.07, 6.45) is 1.33. The number of carbonyl (C=O) groups excluding carboxylic acids is 1. The summed E-state index contributed by atoms with van der Waals surface area (Å²) in [5.41, 5.74) is 11.4. The van der Waals surface area contributed by atoms with Crippen LogP contribution in [0.3, 0.4) is 0 Å². The molecule has 5 N–H and O–H groups in total. The standard InChI is InChI=1S/C15H20N6O3/c1-23-8-7-17-14-13(16)15(19-10-18-14)21-20-12(22)9-24-11-5-3-2-4-6-11/h2-6,10H,7-9,16H2,1H3,(H,20,22)(H2,17,18,19,21). The molecule has 1 aromatic carbocycles. The summed E-state index contributed by atoms with van der Waals surface area (Å²) in [4.78, 5) is 19.8. The average Bonchev–Trinajstić information content (AvgIpc) is 2.61. The number of nitrogens with two attached hydrogens (primary N) is 1. The fraction of sp³-hybridized carbons (Fsp3) is 0.267. The van der Waals surface area contributed by atoms with Crippen LogP contribution in [0.15, 0.2) is 36.7 Å². The first kappa shape index (κ1) is 17.3. The van der Waals surface area contributed by atoms with E-state index >= 15 is 0 Å². The zero-order valence-electron chi connectivity index (χ0n) is 13.3. The number of methoxy groups -OCH3 is 1. The molecule has 128 valence electrons. The van der Waals surface area contributed by atoms with Gasteiger partial charge in [-0.25, -0.2) is 9.97 Å². The van der Waals surface area contributed by atoms with Gasteiger partial charge in [0.15, 0.2) is 18.2 Å². The van der Waals surface area contributed by atoms with E-state index in [1.54, 1.807) is 19.2 Å². The fourth-order valence-corrected chi connectivity index (χ4v) is 1.74. The largest absolute Gasteiger partial charge is 0.484 e. The highest BCUT2D eigenvalue weighted by molar-refractivity contribution is 5.81. The van der Waals surface area contributed by atoms with Gasteiger partial charge in [-0.1, -0.05) is 18.2 Å². The lowest BCUT2D eigenvalue weighted by atomic mass is 10.3. The van der Waals surface area contributed by atoms with Crippen LogP contribution >= 0.6 is 0 Å². The highest BCUT2D eigenvalue weighted by atomic mass is 16.5. The second-order valence-electron chi connectivity index (χ2n) is 4.68. The van der Waals surface area contributed by atoms with Crippen LogP contribution in [0, 0.1) is 0 Å². The summed E-state index contributed by atoms with van der Waals surface area (Å²) in [7, 11) is 1.60. The molecule has 0 saturated heterocycles.